The van der Waals surface area contributed by atoms with Gasteiger partial charge in [0.2, 0.25) is 0 Å². The highest BCUT2D eigenvalue weighted by molar-refractivity contribution is 5.99. The lowest BCUT2D eigenvalue weighted by atomic mass is 9.99. The SMILES string of the molecule is CCOC1CCN(C(C)C(=O)c2ccc(CC)cc2)CC1. The van der Waals surface area contributed by atoms with Crippen LogP contribution in [-0.4, -0.2) is 42.5 Å². The summed E-state index contributed by atoms with van der Waals surface area (Å²) >= 11 is 0. The first kappa shape index (κ1) is 16.2. The lowest BCUT2D eigenvalue weighted by Gasteiger charge is -2.35. The number of ketones is 1. The molecule has 1 aliphatic heterocycles. The Hall–Kier alpha value is -1.19. The number of piperidine rings is 1. The number of rotatable bonds is 6. The van der Waals surface area contributed by atoms with Crippen LogP contribution in [0.15, 0.2) is 24.3 Å². The number of aryl methyl sites for hydroxylation is 1. The number of likely N-dealkylation sites (tertiary alicyclic amines) is 1. The quantitative estimate of drug-likeness (QED) is 0.752. The highest BCUT2D eigenvalue weighted by atomic mass is 16.5. The van der Waals surface area contributed by atoms with E-state index in [1.807, 2.05) is 26.0 Å². The van der Waals surface area contributed by atoms with Crippen LogP contribution in [0.3, 0.4) is 0 Å². The highest BCUT2D eigenvalue weighted by Gasteiger charge is 2.27. The van der Waals surface area contributed by atoms with E-state index >= 15 is 0 Å². The molecule has 0 radical (unpaired) electrons. The van der Waals surface area contributed by atoms with Gasteiger partial charge in [-0.2, -0.15) is 0 Å². The Morgan fingerprint density at radius 3 is 2.38 bits per heavy atom. The molecule has 0 N–H and O–H groups in total. The lowest BCUT2D eigenvalue weighted by molar-refractivity contribution is 0.00677. The van der Waals surface area contributed by atoms with Crippen molar-refractivity contribution in [3.63, 3.8) is 0 Å². The second-order valence-electron chi connectivity index (χ2n) is 5.78. The molecule has 1 aromatic carbocycles. The predicted octanol–water partition coefficient (Wildman–Crippen LogP) is 3.32. The standard InChI is InChI=1S/C18H27NO2/c1-4-15-6-8-16(9-7-15)18(20)14(3)19-12-10-17(11-13-19)21-5-2/h6-9,14,17H,4-5,10-13H2,1-3H3. The summed E-state index contributed by atoms with van der Waals surface area (Å²) in [5.41, 5.74) is 2.10. The second-order valence-corrected chi connectivity index (χ2v) is 5.78. The minimum atomic E-state index is -0.0416. The first-order valence-corrected chi connectivity index (χ1v) is 8.14. The van der Waals surface area contributed by atoms with Gasteiger partial charge in [-0.15, -0.1) is 0 Å². The Balaban J connectivity index is 1.93. The molecule has 0 aromatic heterocycles. The van der Waals surface area contributed by atoms with Gasteiger partial charge >= 0.3 is 0 Å². The number of benzene rings is 1. The van der Waals surface area contributed by atoms with E-state index in [1.54, 1.807) is 0 Å². The molecule has 1 saturated heterocycles. The van der Waals surface area contributed by atoms with Gasteiger partial charge in [0.05, 0.1) is 12.1 Å². The van der Waals surface area contributed by atoms with Crippen molar-refractivity contribution in [1.82, 2.24) is 4.90 Å². The topological polar surface area (TPSA) is 29.5 Å². The molecule has 1 atom stereocenters. The van der Waals surface area contributed by atoms with Crippen LogP contribution in [0.25, 0.3) is 0 Å². The van der Waals surface area contributed by atoms with Crippen LogP contribution < -0.4 is 0 Å². The Labute approximate surface area is 128 Å². The molecule has 1 aromatic rings. The Morgan fingerprint density at radius 2 is 1.86 bits per heavy atom. The van der Waals surface area contributed by atoms with Crippen LogP contribution >= 0.6 is 0 Å². The Kier molecular flexibility index (Phi) is 5.95. The summed E-state index contributed by atoms with van der Waals surface area (Å²) in [6, 6.07) is 8.00. The van der Waals surface area contributed by atoms with Crippen molar-refractivity contribution in [2.45, 2.75) is 52.2 Å². The fourth-order valence-electron chi connectivity index (χ4n) is 2.98. The lowest BCUT2D eigenvalue weighted by Crippen LogP contribution is -2.45. The van der Waals surface area contributed by atoms with E-state index < -0.39 is 0 Å². The fourth-order valence-corrected chi connectivity index (χ4v) is 2.98. The molecule has 0 aliphatic carbocycles. The van der Waals surface area contributed by atoms with Crippen molar-refractivity contribution in [1.29, 1.82) is 0 Å². The molecule has 21 heavy (non-hydrogen) atoms. The van der Waals surface area contributed by atoms with Crippen LogP contribution in [0.2, 0.25) is 0 Å². The summed E-state index contributed by atoms with van der Waals surface area (Å²) in [5, 5.41) is 0. The zero-order chi connectivity index (χ0) is 15.2. The van der Waals surface area contributed by atoms with Gasteiger partial charge in [0.1, 0.15) is 0 Å². The van der Waals surface area contributed by atoms with Gasteiger partial charge in [-0.25, -0.2) is 0 Å². The average Bonchev–Trinajstić information content (AvgIpc) is 2.54. The maximum absolute atomic E-state index is 12.6. The zero-order valence-corrected chi connectivity index (χ0v) is 13.5. The van der Waals surface area contributed by atoms with E-state index in [0.717, 1.165) is 44.5 Å². The van der Waals surface area contributed by atoms with Gasteiger partial charge in [0, 0.05) is 25.3 Å². The molecular weight excluding hydrogens is 262 g/mol. The Bertz CT molecular complexity index is 447. The molecule has 1 unspecified atom stereocenters. The number of ether oxygens (including phenoxy) is 1. The first-order valence-electron chi connectivity index (χ1n) is 8.14. The second kappa shape index (κ2) is 7.71. The number of hydrogen-bond donors (Lipinski definition) is 0. The average molecular weight is 289 g/mol. The van der Waals surface area contributed by atoms with Crippen molar-refractivity contribution in [2.75, 3.05) is 19.7 Å². The summed E-state index contributed by atoms with van der Waals surface area (Å²) in [7, 11) is 0. The molecule has 1 fully saturated rings. The van der Waals surface area contributed by atoms with E-state index in [4.69, 9.17) is 4.74 Å². The molecule has 3 heteroatoms. The highest BCUT2D eigenvalue weighted by Crippen LogP contribution is 2.18. The van der Waals surface area contributed by atoms with Crippen molar-refractivity contribution >= 4 is 5.78 Å². The number of hydrogen-bond acceptors (Lipinski definition) is 3. The number of Topliss-reactive ketones (excluding diaryl/α,β-unsaturated/α-hetero) is 1. The van der Waals surface area contributed by atoms with Gasteiger partial charge in [0.25, 0.3) is 0 Å². The summed E-state index contributed by atoms with van der Waals surface area (Å²) < 4.78 is 5.67. The van der Waals surface area contributed by atoms with Crippen molar-refractivity contribution in [3.8, 4) is 0 Å². The van der Waals surface area contributed by atoms with E-state index in [2.05, 4.69) is 24.0 Å². The van der Waals surface area contributed by atoms with Gasteiger partial charge in [0.15, 0.2) is 5.78 Å². The van der Waals surface area contributed by atoms with Crippen molar-refractivity contribution < 1.29 is 9.53 Å². The smallest absolute Gasteiger partial charge is 0.179 e. The largest absolute Gasteiger partial charge is 0.378 e. The molecule has 0 saturated carbocycles. The third kappa shape index (κ3) is 4.14. The molecule has 1 aliphatic rings. The molecule has 3 nitrogen and oxygen atoms in total. The summed E-state index contributed by atoms with van der Waals surface area (Å²) in [5.74, 6) is 0.229. The number of carbonyl (C=O) groups is 1. The molecule has 0 bridgehead atoms. The number of nitrogens with zero attached hydrogens (tertiary/aromatic N) is 1. The maximum atomic E-state index is 12.6. The normalized spacial score (nSPS) is 18.6. The van der Waals surface area contributed by atoms with E-state index in [-0.39, 0.29) is 11.8 Å². The van der Waals surface area contributed by atoms with Crippen LogP contribution in [0, 0.1) is 0 Å². The monoisotopic (exact) mass is 289 g/mol. The third-order valence-corrected chi connectivity index (χ3v) is 4.45. The van der Waals surface area contributed by atoms with Gasteiger partial charge in [-0.3, -0.25) is 9.69 Å². The maximum Gasteiger partial charge on any atom is 0.179 e. The number of carbonyl (C=O) groups excluding carboxylic acids is 1. The zero-order valence-electron chi connectivity index (χ0n) is 13.5. The van der Waals surface area contributed by atoms with Crippen LogP contribution in [-0.2, 0) is 11.2 Å². The van der Waals surface area contributed by atoms with E-state index in [1.165, 1.54) is 5.56 Å². The third-order valence-electron chi connectivity index (χ3n) is 4.45. The predicted molar refractivity (Wildman–Crippen MR) is 85.8 cm³/mol. The molecule has 116 valence electrons. The van der Waals surface area contributed by atoms with E-state index in [0.29, 0.717) is 6.10 Å². The first-order chi connectivity index (χ1) is 10.2. The van der Waals surface area contributed by atoms with Crippen LogP contribution in [0.5, 0.6) is 0 Å². The summed E-state index contributed by atoms with van der Waals surface area (Å²) in [6.07, 6.45) is 3.44. The van der Waals surface area contributed by atoms with Gasteiger partial charge in [-0.05, 0) is 38.7 Å². The Morgan fingerprint density at radius 1 is 1.24 bits per heavy atom. The fraction of sp³-hybridized carbons (Fsp3) is 0.611. The molecule has 2 rings (SSSR count). The van der Waals surface area contributed by atoms with Crippen molar-refractivity contribution in [3.05, 3.63) is 35.4 Å². The van der Waals surface area contributed by atoms with E-state index in [9.17, 15) is 4.79 Å². The van der Waals surface area contributed by atoms with Gasteiger partial charge in [-0.1, -0.05) is 31.2 Å². The van der Waals surface area contributed by atoms with Gasteiger partial charge < -0.3 is 4.74 Å². The van der Waals surface area contributed by atoms with Crippen LogP contribution in [0.1, 0.15) is 49.5 Å². The molecule has 0 spiro atoms. The minimum absolute atomic E-state index is 0.0416. The minimum Gasteiger partial charge on any atom is -0.378 e. The molecule has 1 heterocycles. The summed E-state index contributed by atoms with van der Waals surface area (Å²) in [4.78, 5) is 14.9. The van der Waals surface area contributed by atoms with Crippen molar-refractivity contribution in [2.24, 2.45) is 0 Å². The molecule has 0 amide bonds. The molecular formula is C18H27NO2. The summed E-state index contributed by atoms with van der Waals surface area (Å²) in [6.45, 7) is 8.87. The van der Waals surface area contributed by atoms with Crippen LogP contribution in [0.4, 0.5) is 0 Å².